The van der Waals surface area contributed by atoms with Gasteiger partial charge in [0, 0.05) is 25.2 Å². The van der Waals surface area contributed by atoms with Gasteiger partial charge in [-0.2, -0.15) is 0 Å². The molecule has 2 heteroatoms. The molecule has 1 aromatic rings. The summed E-state index contributed by atoms with van der Waals surface area (Å²) in [7, 11) is 0. The topological polar surface area (TPSA) is 29.3 Å². The minimum Gasteiger partial charge on any atom is -0.329 e. The molecular weight excluding hydrogens is 244 g/mol. The highest BCUT2D eigenvalue weighted by molar-refractivity contribution is 5.29. The molecule has 110 valence electrons. The van der Waals surface area contributed by atoms with Gasteiger partial charge >= 0.3 is 0 Å². The average molecular weight is 272 g/mol. The van der Waals surface area contributed by atoms with Crippen LogP contribution in [0, 0.1) is 5.41 Å². The third kappa shape index (κ3) is 2.51. The molecule has 1 heterocycles. The number of benzene rings is 1. The Labute approximate surface area is 123 Å². The van der Waals surface area contributed by atoms with Crippen LogP contribution in [0.1, 0.15) is 44.2 Å². The number of hydrogen-bond acceptors (Lipinski definition) is 2. The molecule has 1 saturated carbocycles. The van der Waals surface area contributed by atoms with Crippen LogP contribution in [-0.2, 0) is 12.8 Å². The Morgan fingerprint density at radius 1 is 1.05 bits per heavy atom. The summed E-state index contributed by atoms with van der Waals surface area (Å²) in [6, 6.07) is 8.94. The fourth-order valence-corrected chi connectivity index (χ4v) is 4.35. The molecule has 0 aromatic heterocycles. The summed E-state index contributed by atoms with van der Waals surface area (Å²) in [4.78, 5) is 2.71. The summed E-state index contributed by atoms with van der Waals surface area (Å²) in [5, 5.41) is 0. The van der Waals surface area contributed by atoms with Crippen molar-refractivity contribution >= 4 is 0 Å². The van der Waals surface area contributed by atoms with Crippen molar-refractivity contribution in [3.05, 3.63) is 35.4 Å². The van der Waals surface area contributed by atoms with Crippen molar-refractivity contribution in [2.75, 3.05) is 19.6 Å². The quantitative estimate of drug-likeness (QED) is 0.897. The minimum absolute atomic E-state index is 0.255. The van der Waals surface area contributed by atoms with E-state index in [-0.39, 0.29) is 5.54 Å². The second-order valence-corrected chi connectivity index (χ2v) is 7.53. The van der Waals surface area contributed by atoms with E-state index in [9.17, 15) is 0 Å². The Bertz CT molecular complexity index is 453. The number of nitrogens with two attached hydrogens (primary N) is 1. The fraction of sp³-hybridized carbons (Fsp3) is 0.667. The normalized spacial score (nSPS) is 29.9. The Hall–Kier alpha value is -0.860. The molecule has 0 amide bonds. The van der Waals surface area contributed by atoms with E-state index in [0.717, 1.165) is 6.54 Å². The van der Waals surface area contributed by atoms with E-state index >= 15 is 0 Å². The van der Waals surface area contributed by atoms with Gasteiger partial charge in [0.1, 0.15) is 0 Å². The van der Waals surface area contributed by atoms with E-state index in [1.165, 1.54) is 45.2 Å². The van der Waals surface area contributed by atoms with E-state index in [2.05, 4.69) is 43.0 Å². The smallest absolute Gasteiger partial charge is 0.0337 e. The SMILES string of the molecule is CC1(C)CCC(CN)(N2CCc3ccccc3CC2)C1. The van der Waals surface area contributed by atoms with E-state index in [1.807, 2.05) is 0 Å². The standard InChI is InChI=1S/C18H28N2/c1-17(2)9-10-18(13-17,14-19)20-11-7-15-5-3-4-6-16(15)8-12-20/h3-6H,7-14,19H2,1-2H3. The molecule has 2 nitrogen and oxygen atoms in total. The van der Waals surface area contributed by atoms with Crippen molar-refractivity contribution in [1.29, 1.82) is 0 Å². The first kappa shape index (κ1) is 14.1. The summed E-state index contributed by atoms with van der Waals surface area (Å²) in [5.74, 6) is 0. The minimum atomic E-state index is 0.255. The molecule has 3 rings (SSSR count). The number of nitrogens with zero attached hydrogens (tertiary/aromatic N) is 1. The van der Waals surface area contributed by atoms with Crippen LogP contribution in [0.15, 0.2) is 24.3 Å². The third-order valence-corrected chi connectivity index (χ3v) is 5.55. The van der Waals surface area contributed by atoms with Crippen LogP contribution >= 0.6 is 0 Å². The zero-order valence-electron chi connectivity index (χ0n) is 13.0. The van der Waals surface area contributed by atoms with Crippen molar-refractivity contribution in [2.45, 2.75) is 51.5 Å². The lowest BCUT2D eigenvalue weighted by Gasteiger charge is -2.41. The van der Waals surface area contributed by atoms with Crippen LogP contribution in [0.3, 0.4) is 0 Å². The van der Waals surface area contributed by atoms with Crippen LogP contribution in [0.25, 0.3) is 0 Å². The Morgan fingerprint density at radius 2 is 1.65 bits per heavy atom. The highest BCUT2D eigenvalue weighted by Gasteiger charge is 2.46. The van der Waals surface area contributed by atoms with Crippen molar-refractivity contribution in [2.24, 2.45) is 11.1 Å². The van der Waals surface area contributed by atoms with Crippen LogP contribution in [0.2, 0.25) is 0 Å². The predicted molar refractivity (Wildman–Crippen MR) is 84.8 cm³/mol. The van der Waals surface area contributed by atoms with E-state index in [4.69, 9.17) is 5.73 Å². The van der Waals surface area contributed by atoms with Gasteiger partial charge in [0.05, 0.1) is 0 Å². The molecule has 2 N–H and O–H groups in total. The molecule has 1 aliphatic heterocycles. The predicted octanol–water partition coefficient (Wildman–Crippen LogP) is 2.99. The van der Waals surface area contributed by atoms with Crippen LogP contribution in [0.5, 0.6) is 0 Å². The lowest BCUT2D eigenvalue weighted by atomic mass is 9.86. The number of hydrogen-bond donors (Lipinski definition) is 1. The zero-order valence-corrected chi connectivity index (χ0v) is 13.0. The Balaban J connectivity index is 1.79. The largest absolute Gasteiger partial charge is 0.329 e. The average Bonchev–Trinajstić information content (AvgIpc) is 2.63. The highest BCUT2D eigenvalue weighted by Crippen LogP contribution is 2.46. The number of rotatable bonds is 2. The molecule has 0 saturated heterocycles. The zero-order chi connectivity index (χ0) is 14.2. The molecule has 0 radical (unpaired) electrons. The first-order valence-corrected chi connectivity index (χ1v) is 8.07. The Kier molecular flexibility index (Phi) is 3.64. The molecule has 1 atom stereocenters. The molecule has 2 aliphatic rings. The second kappa shape index (κ2) is 5.16. The summed E-state index contributed by atoms with van der Waals surface area (Å²) < 4.78 is 0. The molecule has 20 heavy (non-hydrogen) atoms. The van der Waals surface area contributed by atoms with Gasteiger partial charge in [0.25, 0.3) is 0 Å². The first-order chi connectivity index (χ1) is 9.55. The highest BCUT2D eigenvalue weighted by atomic mass is 15.2. The number of fused-ring (bicyclic) bond motifs is 1. The second-order valence-electron chi connectivity index (χ2n) is 7.53. The molecule has 0 spiro atoms. The molecule has 1 aromatic carbocycles. The van der Waals surface area contributed by atoms with Crippen molar-refractivity contribution in [1.82, 2.24) is 4.90 Å². The van der Waals surface area contributed by atoms with Gasteiger partial charge in [-0.25, -0.2) is 0 Å². The molecular formula is C18H28N2. The Morgan fingerprint density at radius 3 is 2.10 bits per heavy atom. The monoisotopic (exact) mass is 272 g/mol. The van der Waals surface area contributed by atoms with Gasteiger partial charge in [-0.3, -0.25) is 4.90 Å². The fourth-order valence-electron chi connectivity index (χ4n) is 4.35. The maximum Gasteiger partial charge on any atom is 0.0337 e. The van der Waals surface area contributed by atoms with Crippen LogP contribution in [0.4, 0.5) is 0 Å². The van der Waals surface area contributed by atoms with E-state index in [1.54, 1.807) is 11.1 Å². The van der Waals surface area contributed by atoms with Crippen molar-refractivity contribution in [3.8, 4) is 0 Å². The van der Waals surface area contributed by atoms with Gasteiger partial charge < -0.3 is 5.73 Å². The summed E-state index contributed by atoms with van der Waals surface area (Å²) in [6.07, 6.45) is 6.20. The van der Waals surface area contributed by atoms with Crippen LogP contribution < -0.4 is 5.73 Å². The summed E-state index contributed by atoms with van der Waals surface area (Å²) in [5.41, 5.74) is 10.0. The van der Waals surface area contributed by atoms with Gasteiger partial charge in [-0.05, 0) is 48.6 Å². The van der Waals surface area contributed by atoms with Crippen molar-refractivity contribution < 1.29 is 0 Å². The lowest BCUT2D eigenvalue weighted by molar-refractivity contribution is 0.0935. The van der Waals surface area contributed by atoms with Crippen molar-refractivity contribution in [3.63, 3.8) is 0 Å². The van der Waals surface area contributed by atoms with Crippen LogP contribution in [-0.4, -0.2) is 30.1 Å². The molecule has 1 unspecified atom stereocenters. The molecule has 1 fully saturated rings. The first-order valence-electron chi connectivity index (χ1n) is 8.07. The summed E-state index contributed by atoms with van der Waals surface area (Å²) >= 11 is 0. The van der Waals surface area contributed by atoms with Gasteiger partial charge in [0.15, 0.2) is 0 Å². The molecule has 1 aliphatic carbocycles. The lowest BCUT2D eigenvalue weighted by Crippen LogP contribution is -2.53. The van der Waals surface area contributed by atoms with Gasteiger partial charge in [-0.15, -0.1) is 0 Å². The van der Waals surface area contributed by atoms with Gasteiger partial charge in [0.2, 0.25) is 0 Å². The third-order valence-electron chi connectivity index (χ3n) is 5.55. The maximum absolute atomic E-state index is 6.24. The summed E-state index contributed by atoms with van der Waals surface area (Å²) in [6.45, 7) is 7.95. The van der Waals surface area contributed by atoms with E-state index in [0.29, 0.717) is 5.41 Å². The van der Waals surface area contributed by atoms with E-state index < -0.39 is 0 Å². The maximum atomic E-state index is 6.24. The van der Waals surface area contributed by atoms with Gasteiger partial charge in [-0.1, -0.05) is 38.1 Å². The molecule has 0 bridgehead atoms.